The van der Waals surface area contributed by atoms with Gasteiger partial charge in [0.2, 0.25) is 0 Å². The van der Waals surface area contributed by atoms with Crippen LogP contribution in [-0.2, 0) is 0 Å². The monoisotopic (exact) mass is 270 g/mol. The van der Waals surface area contributed by atoms with Gasteiger partial charge in [0.15, 0.2) is 0 Å². The van der Waals surface area contributed by atoms with Crippen molar-refractivity contribution in [2.45, 2.75) is 51.3 Å². The van der Waals surface area contributed by atoms with Crippen LogP contribution in [0.3, 0.4) is 0 Å². The SMILES string of the molecule is Cc1nc(C)c(C(C)NCC2CCCCS2)s1. The van der Waals surface area contributed by atoms with Crippen molar-refractivity contribution in [2.75, 3.05) is 12.3 Å². The van der Waals surface area contributed by atoms with Crippen LogP contribution in [-0.4, -0.2) is 22.5 Å². The van der Waals surface area contributed by atoms with E-state index in [0.717, 1.165) is 11.8 Å². The molecule has 96 valence electrons. The highest BCUT2D eigenvalue weighted by Gasteiger charge is 2.17. The normalized spacial score (nSPS) is 22.6. The zero-order chi connectivity index (χ0) is 12.3. The highest BCUT2D eigenvalue weighted by Crippen LogP contribution is 2.27. The third-order valence-corrected chi connectivity index (χ3v) is 5.91. The second kappa shape index (κ2) is 6.21. The molecule has 2 atom stereocenters. The van der Waals surface area contributed by atoms with E-state index in [1.165, 1.54) is 40.6 Å². The fourth-order valence-corrected chi connectivity index (χ4v) is 4.52. The second-order valence-electron chi connectivity index (χ2n) is 4.80. The van der Waals surface area contributed by atoms with Crippen LogP contribution in [0.5, 0.6) is 0 Å². The zero-order valence-electron chi connectivity index (χ0n) is 11.0. The Morgan fingerprint density at radius 3 is 2.82 bits per heavy atom. The van der Waals surface area contributed by atoms with Gasteiger partial charge in [-0.2, -0.15) is 11.8 Å². The van der Waals surface area contributed by atoms with Crippen LogP contribution >= 0.6 is 23.1 Å². The Bertz CT molecular complexity index is 356. The lowest BCUT2D eigenvalue weighted by Crippen LogP contribution is -2.28. The molecule has 0 saturated carbocycles. The van der Waals surface area contributed by atoms with Crippen LogP contribution < -0.4 is 5.32 Å². The summed E-state index contributed by atoms with van der Waals surface area (Å²) in [5.41, 5.74) is 1.20. The molecule has 0 spiro atoms. The maximum atomic E-state index is 4.50. The Hall–Kier alpha value is -0.0600. The van der Waals surface area contributed by atoms with Gasteiger partial charge in [-0.15, -0.1) is 11.3 Å². The van der Waals surface area contributed by atoms with Gasteiger partial charge in [-0.1, -0.05) is 6.42 Å². The smallest absolute Gasteiger partial charge is 0.0900 e. The Kier molecular flexibility index (Phi) is 4.88. The van der Waals surface area contributed by atoms with Gasteiger partial charge in [0.1, 0.15) is 0 Å². The number of thiazole rings is 1. The molecule has 1 aliphatic rings. The quantitative estimate of drug-likeness (QED) is 0.903. The predicted octanol–water partition coefficient (Wildman–Crippen LogP) is 3.70. The third-order valence-electron chi connectivity index (χ3n) is 3.26. The summed E-state index contributed by atoms with van der Waals surface area (Å²) in [6.07, 6.45) is 4.20. The minimum Gasteiger partial charge on any atom is -0.308 e. The molecule has 1 N–H and O–H groups in total. The first-order chi connectivity index (χ1) is 8.16. The Morgan fingerprint density at radius 2 is 2.24 bits per heavy atom. The zero-order valence-corrected chi connectivity index (χ0v) is 12.6. The summed E-state index contributed by atoms with van der Waals surface area (Å²) in [6, 6.07) is 0.448. The molecule has 0 bridgehead atoms. The second-order valence-corrected chi connectivity index (χ2v) is 7.44. The predicted molar refractivity (Wildman–Crippen MR) is 78.1 cm³/mol. The Balaban J connectivity index is 1.84. The first kappa shape index (κ1) is 13.4. The van der Waals surface area contributed by atoms with Crippen molar-refractivity contribution < 1.29 is 0 Å². The van der Waals surface area contributed by atoms with Gasteiger partial charge >= 0.3 is 0 Å². The third kappa shape index (κ3) is 3.70. The molecule has 1 aromatic rings. The topological polar surface area (TPSA) is 24.9 Å². The largest absolute Gasteiger partial charge is 0.308 e. The maximum Gasteiger partial charge on any atom is 0.0900 e. The van der Waals surface area contributed by atoms with Crippen LogP contribution in [0.4, 0.5) is 0 Å². The molecule has 0 amide bonds. The molecule has 1 fully saturated rings. The molecular formula is C13H22N2S2. The first-order valence-corrected chi connectivity index (χ1v) is 8.32. The van der Waals surface area contributed by atoms with E-state index in [1.54, 1.807) is 0 Å². The van der Waals surface area contributed by atoms with Gasteiger partial charge in [-0.3, -0.25) is 0 Å². The number of hydrogen-bond donors (Lipinski definition) is 1. The molecular weight excluding hydrogens is 248 g/mol. The van der Waals surface area contributed by atoms with Crippen LogP contribution in [0.1, 0.15) is 47.8 Å². The van der Waals surface area contributed by atoms with E-state index >= 15 is 0 Å². The molecule has 17 heavy (non-hydrogen) atoms. The summed E-state index contributed by atoms with van der Waals surface area (Å²) >= 11 is 3.96. The van der Waals surface area contributed by atoms with Crippen molar-refractivity contribution in [3.63, 3.8) is 0 Å². The van der Waals surface area contributed by atoms with Crippen molar-refractivity contribution in [3.05, 3.63) is 15.6 Å². The molecule has 1 aromatic heterocycles. The van der Waals surface area contributed by atoms with Gasteiger partial charge < -0.3 is 5.32 Å². The Morgan fingerprint density at radius 1 is 1.41 bits per heavy atom. The minimum atomic E-state index is 0.448. The lowest BCUT2D eigenvalue weighted by atomic mass is 10.1. The summed E-state index contributed by atoms with van der Waals surface area (Å²) in [6.45, 7) is 7.60. The number of nitrogens with zero attached hydrogens (tertiary/aromatic N) is 1. The molecule has 0 radical (unpaired) electrons. The fourth-order valence-electron chi connectivity index (χ4n) is 2.32. The summed E-state index contributed by atoms with van der Waals surface area (Å²) in [7, 11) is 0. The van der Waals surface area contributed by atoms with Crippen molar-refractivity contribution in [1.82, 2.24) is 10.3 Å². The van der Waals surface area contributed by atoms with Gasteiger partial charge in [-0.05, 0) is 39.4 Å². The van der Waals surface area contributed by atoms with E-state index in [-0.39, 0.29) is 0 Å². The average molecular weight is 270 g/mol. The molecule has 0 aliphatic carbocycles. The Labute approximate surface area is 113 Å². The summed E-state index contributed by atoms with van der Waals surface area (Å²) in [5.74, 6) is 1.35. The van der Waals surface area contributed by atoms with Gasteiger partial charge in [0.05, 0.1) is 10.7 Å². The summed E-state index contributed by atoms with van der Waals surface area (Å²) < 4.78 is 0. The molecule has 4 heteroatoms. The van der Waals surface area contributed by atoms with Crippen molar-refractivity contribution in [1.29, 1.82) is 0 Å². The van der Waals surface area contributed by atoms with E-state index in [0.29, 0.717) is 6.04 Å². The molecule has 0 aromatic carbocycles. The van der Waals surface area contributed by atoms with E-state index in [4.69, 9.17) is 0 Å². The lowest BCUT2D eigenvalue weighted by molar-refractivity contribution is 0.541. The number of aromatic nitrogens is 1. The molecule has 2 unspecified atom stereocenters. The number of nitrogens with one attached hydrogen (secondary N) is 1. The highest BCUT2D eigenvalue weighted by molar-refractivity contribution is 7.99. The lowest BCUT2D eigenvalue weighted by Gasteiger charge is -2.23. The van der Waals surface area contributed by atoms with Crippen molar-refractivity contribution in [3.8, 4) is 0 Å². The van der Waals surface area contributed by atoms with Crippen LogP contribution in [0.15, 0.2) is 0 Å². The van der Waals surface area contributed by atoms with Crippen molar-refractivity contribution >= 4 is 23.1 Å². The average Bonchev–Trinajstić information content (AvgIpc) is 2.67. The maximum absolute atomic E-state index is 4.50. The number of hydrogen-bond acceptors (Lipinski definition) is 4. The van der Waals surface area contributed by atoms with Crippen LogP contribution in [0, 0.1) is 13.8 Å². The first-order valence-electron chi connectivity index (χ1n) is 6.45. The fraction of sp³-hybridized carbons (Fsp3) is 0.769. The van der Waals surface area contributed by atoms with E-state index < -0.39 is 0 Å². The highest BCUT2D eigenvalue weighted by atomic mass is 32.2. The standard InChI is InChI=1S/C13H22N2S2/c1-9(13-10(2)15-11(3)17-13)14-8-12-6-4-5-7-16-12/h9,12,14H,4-8H2,1-3H3. The van der Waals surface area contributed by atoms with E-state index in [1.807, 2.05) is 11.3 Å². The summed E-state index contributed by atoms with van der Waals surface area (Å²) in [4.78, 5) is 5.91. The van der Waals surface area contributed by atoms with Crippen LogP contribution in [0.25, 0.3) is 0 Å². The molecule has 1 aliphatic heterocycles. The molecule has 2 rings (SSSR count). The number of rotatable bonds is 4. The summed E-state index contributed by atoms with van der Waals surface area (Å²) in [5, 5.41) is 5.67. The molecule has 1 saturated heterocycles. The number of aryl methyl sites for hydroxylation is 2. The van der Waals surface area contributed by atoms with Crippen LogP contribution in [0.2, 0.25) is 0 Å². The van der Waals surface area contributed by atoms with E-state index in [9.17, 15) is 0 Å². The van der Waals surface area contributed by atoms with Gasteiger partial charge in [0, 0.05) is 22.7 Å². The van der Waals surface area contributed by atoms with Gasteiger partial charge in [0.25, 0.3) is 0 Å². The van der Waals surface area contributed by atoms with Gasteiger partial charge in [-0.25, -0.2) is 4.98 Å². The number of thioether (sulfide) groups is 1. The molecule has 2 nitrogen and oxygen atoms in total. The van der Waals surface area contributed by atoms with E-state index in [2.05, 4.69) is 42.8 Å². The molecule has 2 heterocycles. The van der Waals surface area contributed by atoms with Crippen molar-refractivity contribution in [2.24, 2.45) is 0 Å². The minimum absolute atomic E-state index is 0.448.